The van der Waals surface area contributed by atoms with Gasteiger partial charge in [0, 0.05) is 6.54 Å². The van der Waals surface area contributed by atoms with Crippen LogP contribution in [0.25, 0.3) is 0 Å². The molecule has 0 aromatic heterocycles. The fourth-order valence-electron chi connectivity index (χ4n) is 1.15. The number of hydrogen-bond acceptors (Lipinski definition) is 2. The lowest BCUT2D eigenvalue weighted by Crippen LogP contribution is -2.24. The lowest BCUT2D eigenvalue weighted by molar-refractivity contribution is 0.311. The van der Waals surface area contributed by atoms with Gasteiger partial charge in [-0.05, 0) is 24.6 Å². The van der Waals surface area contributed by atoms with Crippen molar-refractivity contribution in [3.8, 4) is 5.75 Å². The van der Waals surface area contributed by atoms with Gasteiger partial charge >= 0.3 is 0 Å². The molecule has 0 saturated heterocycles. The van der Waals surface area contributed by atoms with Crippen molar-refractivity contribution in [1.29, 1.82) is 0 Å². The average molecular weight is 193 g/mol. The van der Waals surface area contributed by atoms with Crippen LogP contribution in [0.15, 0.2) is 30.3 Å². The van der Waals surface area contributed by atoms with E-state index in [9.17, 15) is 0 Å². The van der Waals surface area contributed by atoms with E-state index in [1.54, 1.807) is 0 Å². The summed E-state index contributed by atoms with van der Waals surface area (Å²) in [6, 6.07) is 9.91. The number of hydrogen-bond donors (Lipinski definition) is 1. The van der Waals surface area contributed by atoms with E-state index in [1.807, 2.05) is 30.3 Å². The minimum atomic E-state index is 0.701. The lowest BCUT2D eigenvalue weighted by atomic mass is 10.2. The van der Waals surface area contributed by atoms with E-state index < -0.39 is 0 Å². The van der Waals surface area contributed by atoms with Crippen LogP contribution < -0.4 is 10.1 Å². The lowest BCUT2D eigenvalue weighted by Gasteiger charge is -2.08. The van der Waals surface area contributed by atoms with Crippen molar-refractivity contribution in [2.75, 3.05) is 19.7 Å². The smallest absolute Gasteiger partial charge is 0.119 e. The minimum Gasteiger partial charge on any atom is -0.492 e. The molecule has 0 amide bonds. The van der Waals surface area contributed by atoms with Gasteiger partial charge in [-0.3, -0.25) is 0 Å². The predicted molar refractivity (Wildman–Crippen MR) is 59.6 cm³/mol. The highest BCUT2D eigenvalue weighted by Crippen LogP contribution is 2.07. The maximum atomic E-state index is 5.53. The molecule has 78 valence electrons. The van der Waals surface area contributed by atoms with Crippen LogP contribution >= 0.6 is 0 Å². The third-order valence-electron chi connectivity index (χ3n) is 1.84. The number of rotatable bonds is 6. The van der Waals surface area contributed by atoms with Crippen LogP contribution in [0.3, 0.4) is 0 Å². The SMILES string of the molecule is CC(C)CNCCOc1ccccc1. The molecule has 0 radical (unpaired) electrons. The van der Waals surface area contributed by atoms with Crippen molar-refractivity contribution in [2.24, 2.45) is 5.92 Å². The van der Waals surface area contributed by atoms with Crippen molar-refractivity contribution >= 4 is 0 Å². The first-order valence-electron chi connectivity index (χ1n) is 5.17. The van der Waals surface area contributed by atoms with Gasteiger partial charge in [-0.1, -0.05) is 32.0 Å². The summed E-state index contributed by atoms with van der Waals surface area (Å²) in [6.45, 7) is 7.10. The van der Waals surface area contributed by atoms with E-state index in [4.69, 9.17) is 4.74 Å². The Balaban J connectivity index is 2.05. The molecular weight excluding hydrogens is 174 g/mol. The zero-order valence-corrected chi connectivity index (χ0v) is 8.99. The zero-order chi connectivity index (χ0) is 10.2. The standard InChI is InChI=1S/C12H19NO/c1-11(2)10-13-8-9-14-12-6-4-3-5-7-12/h3-7,11,13H,8-10H2,1-2H3. The molecule has 1 aromatic carbocycles. The first kappa shape index (κ1) is 11.1. The van der Waals surface area contributed by atoms with Crippen LogP contribution in [-0.4, -0.2) is 19.7 Å². The van der Waals surface area contributed by atoms with E-state index >= 15 is 0 Å². The Bertz CT molecular complexity index is 233. The van der Waals surface area contributed by atoms with Gasteiger partial charge in [0.25, 0.3) is 0 Å². The Morgan fingerprint density at radius 3 is 2.57 bits per heavy atom. The Morgan fingerprint density at radius 2 is 1.93 bits per heavy atom. The Morgan fingerprint density at radius 1 is 1.21 bits per heavy atom. The molecule has 1 rings (SSSR count). The van der Waals surface area contributed by atoms with E-state index in [0.29, 0.717) is 5.92 Å². The van der Waals surface area contributed by atoms with E-state index in [2.05, 4.69) is 19.2 Å². The molecule has 0 spiro atoms. The van der Waals surface area contributed by atoms with Gasteiger partial charge in [-0.2, -0.15) is 0 Å². The first-order chi connectivity index (χ1) is 6.79. The summed E-state index contributed by atoms with van der Waals surface area (Å²) in [5.74, 6) is 1.64. The Labute approximate surface area is 86.3 Å². The maximum absolute atomic E-state index is 5.53. The maximum Gasteiger partial charge on any atom is 0.119 e. The zero-order valence-electron chi connectivity index (χ0n) is 8.99. The van der Waals surface area contributed by atoms with Gasteiger partial charge < -0.3 is 10.1 Å². The highest BCUT2D eigenvalue weighted by molar-refractivity contribution is 5.20. The summed E-state index contributed by atoms with van der Waals surface area (Å²) < 4.78 is 5.53. The van der Waals surface area contributed by atoms with Crippen LogP contribution in [0, 0.1) is 5.92 Å². The molecule has 0 aliphatic heterocycles. The molecule has 1 N–H and O–H groups in total. The van der Waals surface area contributed by atoms with Gasteiger partial charge in [0.05, 0.1) is 0 Å². The van der Waals surface area contributed by atoms with Crippen molar-refractivity contribution in [2.45, 2.75) is 13.8 Å². The Hall–Kier alpha value is -1.02. The molecular formula is C12H19NO. The molecule has 0 saturated carbocycles. The second-order valence-electron chi connectivity index (χ2n) is 3.76. The first-order valence-corrected chi connectivity index (χ1v) is 5.17. The molecule has 1 aromatic rings. The third-order valence-corrected chi connectivity index (χ3v) is 1.84. The summed E-state index contributed by atoms with van der Waals surface area (Å²) in [5, 5.41) is 3.33. The van der Waals surface area contributed by atoms with Gasteiger partial charge in [0.2, 0.25) is 0 Å². The topological polar surface area (TPSA) is 21.3 Å². The van der Waals surface area contributed by atoms with Crippen LogP contribution in [-0.2, 0) is 0 Å². The number of nitrogens with one attached hydrogen (secondary N) is 1. The average Bonchev–Trinajstić information content (AvgIpc) is 2.18. The van der Waals surface area contributed by atoms with Gasteiger partial charge in [-0.25, -0.2) is 0 Å². The largest absolute Gasteiger partial charge is 0.492 e. The summed E-state index contributed by atoms with van der Waals surface area (Å²) >= 11 is 0. The van der Waals surface area contributed by atoms with Crippen LogP contribution in [0.5, 0.6) is 5.75 Å². The predicted octanol–water partition coefficient (Wildman–Crippen LogP) is 2.31. The molecule has 0 atom stereocenters. The normalized spacial score (nSPS) is 10.5. The monoisotopic (exact) mass is 193 g/mol. The molecule has 0 aliphatic rings. The molecule has 0 heterocycles. The van der Waals surface area contributed by atoms with Crippen molar-refractivity contribution < 1.29 is 4.74 Å². The quantitative estimate of drug-likeness (QED) is 0.700. The highest BCUT2D eigenvalue weighted by Gasteiger charge is 1.93. The summed E-state index contributed by atoms with van der Waals surface area (Å²) in [4.78, 5) is 0. The number of ether oxygens (including phenoxy) is 1. The molecule has 0 unspecified atom stereocenters. The van der Waals surface area contributed by atoms with Crippen molar-refractivity contribution in [1.82, 2.24) is 5.32 Å². The molecule has 2 heteroatoms. The van der Waals surface area contributed by atoms with Crippen LogP contribution in [0.2, 0.25) is 0 Å². The number of para-hydroxylation sites is 1. The van der Waals surface area contributed by atoms with Crippen LogP contribution in [0.4, 0.5) is 0 Å². The van der Waals surface area contributed by atoms with Crippen LogP contribution in [0.1, 0.15) is 13.8 Å². The summed E-state index contributed by atoms with van der Waals surface area (Å²) in [7, 11) is 0. The van der Waals surface area contributed by atoms with Gasteiger partial charge in [0.15, 0.2) is 0 Å². The van der Waals surface area contributed by atoms with E-state index in [1.165, 1.54) is 0 Å². The van der Waals surface area contributed by atoms with E-state index in [-0.39, 0.29) is 0 Å². The van der Waals surface area contributed by atoms with Crippen molar-refractivity contribution in [3.63, 3.8) is 0 Å². The molecule has 14 heavy (non-hydrogen) atoms. The Kier molecular flexibility index (Phi) is 5.08. The van der Waals surface area contributed by atoms with E-state index in [0.717, 1.165) is 25.4 Å². The molecule has 0 fully saturated rings. The molecule has 0 bridgehead atoms. The van der Waals surface area contributed by atoms with Gasteiger partial charge in [-0.15, -0.1) is 0 Å². The van der Waals surface area contributed by atoms with Crippen molar-refractivity contribution in [3.05, 3.63) is 30.3 Å². The van der Waals surface area contributed by atoms with Gasteiger partial charge in [0.1, 0.15) is 12.4 Å². The minimum absolute atomic E-state index is 0.701. The third kappa shape index (κ3) is 4.87. The second-order valence-corrected chi connectivity index (χ2v) is 3.76. The number of benzene rings is 1. The fourth-order valence-corrected chi connectivity index (χ4v) is 1.15. The summed E-state index contributed by atoms with van der Waals surface area (Å²) in [5.41, 5.74) is 0. The molecule has 0 aliphatic carbocycles. The fraction of sp³-hybridized carbons (Fsp3) is 0.500. The second kappa shape index (κ2) is 6.44. The summed E-state index contributed by atoms with van der Waals surface area (Å²) in [6.07, 6.45) is 0. The highest BCUT2D eigenvalue weighted by atomic mass is 16.5. The molecule has 2 nitrogen and oxygen atoms in total.